The largest absolute Gasteiger partial charge is 0.480 e. The van der Waals surface area contributed by atoms with Gasteiger partial charge in [-0.25, -0.2) is 9.48 Å². The minimum Gasteiger partial charge on any atom is -0.480 e. The number of rotatable bonds is 3. The van der Waals surface area contributed by atoms with Gasteiger partial charge in [-0.1, -0.05) is 25.1 Å². The van der Waals surface area contributed by atoms with Crippen molar-refractivity contribution in [3.05, 3.63) is 48.3 Å². The average molecular weight is 313 g/mol. The summed E-state index contributed by atoms with van der Waals surface area (Å²) in [7, 11) is 0. The number of amides is 1. The van der Waals surface area contributed by atoms with Gasteiger partial charge in [0.05, 0.1) is 5.69 Å². The molecule has 1 N–H and O–H groups in total. The highest BCUT2D eigenvalue weighted by atomic mass is 16.4. The fraction of sp³-hybridized carbons (Fsp3) is 0.353. The molecule has 1 fully saturated rings. The van der Waals surface area contributed by atoms with Gasteiger partial charge in [-0.3, -0.25) is 4.79 Å². The number of carbonyl (C=O) groups excluding carboxylic acids is 1. The molecule has 1 aliphatic rings. The summed E-state index contributed by atoms with van der Waals surface area (Å²) in [4.78, 5) is 25.5. The Balaban J connectivity index is 1.83. The van der Waals surface area contributed by atoms with Gasteiger partial charge >= 0.3 is 5.97 Å². The third-order valence-electron chi connectivity index (χ3n) is 4.24. The lowest BCUT2D eigenvalue weighted by Gasteiger charge is -2.35. The van der Waals surface area contributed by atoms with Crippen molar-refractivity contribution in [3.8, 4) is 5.69 Å². The summed E-state index contributed by atoms with van der Waals surface area (Å²) in [6, 6.07) is 10.3. The van der Waals surface area contributed by atoms with Crippen LogP contribution in [0.25, 0.3) is 5.69 Å². The topological polar surface area (TPSA) is 75.4 Å². The van der Waals surface area contributed by atoms with Gasteiger partial charge in [-0.15, -0.1) is 0 Å². The summed E-state index contributed by atoms with van der Waals surface area (Å²) in [5.41, 5.74) is 1.13. The number of piperidine rings is 1. The van der Waals surface area contributed by atoms with Crippen LogP contribution in [0.5, 0.6) is 0 Å². The summed E-state index contributed by atoms with van der Waals surface area (Å²) in [5, 5.41) is 13.7. The lowest BCUT2D eigenvalue weighted by molar-refractivity contribution is -0.144. The molecule has 1 saturated heterocycles. The van der Waals surface area contributed by atoms with Crippen LogP contribution in [0, 0.1) is 5.92 Å². The number of carboxylic acids is 1. The molecule has 0 radical (unpaired) electrons. The number of hydrogen-bond acceptors (Lipinski definition) is 3. The molecule has 0 aliphatic carbocycles. The molecule has 0 spiro atoms. The molecule has 2 heterocycles. The molecule has 2 aromatic rings. The Morgan fingerprint density at radius 3 is 2.65 bits per heavy atom. The highest BCUT2D eigenvalue weighted by Gasteiger charge is 2.35. The van der Waals surface area contributed by atoms with Crippen molar-refractivity contribution >= 4 is 11.9 Å². The Labute approximate surface area is 134 Å². The van der Waals surface area contributed by atoms with Crippen molar-refractivity contribution in [1.82, 2.24) is 14.7 Å². The first-order chi connectivity index (χ1) is 11.1. The van der Waals surface area contributed by atoms with Gasteiger partial charge in [0.25, 0.3) is 5.91 Å². The van der Waals surface area contributed by atoms with Gasteiger partial charge in [-0.05, 0) is 37.0 Å². The molecule has 1 aromatic heterocycles. The highest BCUT2D eigenvalue weighted by Crippen LogP contribution is 2.24. The van der Waals surface area contributed by atoms with E-state index >= 15 is 0 Å². The molecule has 6 heteroatoms. The van der Waals surface area contributed by atoms with E-state index in [9.17, 15) is 14.7 Å². The number of aliphatic carboxylic acids is 1. The lowest BCUT2D eigenvalue weighted by Crippen LogP contribution is -2.49. The third kappa shape index (κ3) is 3.11. The minimum atomic E-state index is -0.951. The Morgan fingerprint density at radius 1 is 1.22 bits per heavy atom. The van der Waals surface area contributed by atoms with E-state index in [4.69, 9.17) is 0 Å². The maximum Gasteiger partial charge on any atom is 0.326 e. The van der Waals surface area contributed by atoms with E-state index in [0.717, 1.165) is 12.1 Å². The third-order valence-corrected chi connectivity index (χ3v) is 4.24. The maximum atomic E-state index is 12.7. The van der Waals surface area contributed by atoms with Crippen LogP contribution in [0.2, 0.25) is 0 Å². The van der Waals surface area contributed by atoms with Crippen LogP contribution < -0.4 is 0 Å². The second-order valence-corrected chi connectivity index (χ2v) is 5.96. The van der Waals surface area contributed by atoms with E-state index in [1.54, 1.807) is 16.9 Å². The van der Waals surface area contributed by atoms with Crippen molar-refractivity contribution in [1.29, 1.82) is 0 Å². The quantitative estimate of drug-likeness (QED) is 0.942. The number of benzene rings is 1. The molecular formula is C17H19N3O3. The summed E-state index contributed by atoms with van der Waals surface area (Å²) in [5.74, 6) is -0.964. The van der Waals surface area contributed by atoms with Crippen LogP contribution >= 0.6 is 0 Å². The zero-order chi connectivity index (χ0) is 16.4. The first kappa shape index (κ1) is 15.3. The van der Waals surface area contributed by atoms with Gasteiger partial charge in [0.15, 0.2) is 5.69 Å². The normalized spacial score (nSPS) is 21.2. The molecule has 23 heavy (non-hydrogen) atoms. The molecule has 6 nitrogen and oxygen atoms in total. The maximum absolute atomic E-state index is 12.7. The van der Waals surface area contributed by atoms with E-state index in [0.29, 0.717) is 18.9 Å². The smallest absolute Gasteiger partial charge is 0.326 e. The van der Waals surface area contributed by atoms with E-state index < -0.39 is 12.0 Å². The first-order valence-electron chi connectivity index (χ1n) is 7.71. The Morgan fingerprint density at radius 2 is 1.96 bits per heavy atom. The van der Waals surface area contributed by atoms with Gasteiger partial charge < -0.3 is 10.0 Å². The Kier molecular flexibility index (Phi) is 4.14. The van der Waals surface area contributed by atoms with Crippen LogP contribution in [0.4, 0.5) is 0 Å². The second kappa shape index (κ2) is 6.24. The zero-order valence-electron chi connectivity index (χ0n) is 12.9. The summed E-state index contributed by atoms with van der Waals surface area (Å²) in [6.45, 7) is 2.47. The van der Waals surface area contributed by atoms with Crippen molar-refractivity contribution in [2.75, 3.05) is 6.54 Å². The standard InChI is InChI=1S/C17H19N3O3/c1-12-7-9-19(15(11-12)17(22)23)16(21)14-8-10-20(18-14)13-5-3-2-4-6-13/h2-6,8,10,12,15H,7,9,11H2,1H3,(H,22,23). The Bertz CT molecular complexity index is 711. The number of para-hydroxylation sites is 1. The van der Waals surface area contributed by atoms with Gasteiger partial charge in [0.1, 0.15) is 6.04 Å². The van der Waals surface area contributed by atoms with Crippen molar-refractivity contribution < 1.29 is 14.7 Å². The average Bonchev–Trinajstić information content (AvgIpc) is 3.05. The summed E-state index contributed by atoms with van der Waals surface area (Å²) in [6.07, 6.45) is 3.01. The molecule has 2 atom stereocenters. The van der Waals surface area contributed by atoms with Gasteiger partial charge in [0, 0.05) is 12.7 Å². The van der Waals surface area contributed by atoms with E-state index in [-0.39, 0.29) is 11.6 Å². The van der Waals surface area contributed by atoms with E-state index in [1.165, 1.54) is 4.90 Å². The lowest BCUT2D eigenvalue weighted by atomic mass is 9.92. The molecule has 3 rings (SSSR count). The molecule has 120 valence electrons. The predicted molar refractivity (Wildman–Crippen MR) is 84.4 cm³/mol. The molecule has 2 unspecified atom stereocenters. The molecule has 1 aromatic carbocycles. The molecule has 0 bridgehead atoms. The minimum absolute atomic E-state index is 0.273. The molecule has 1 amide bonds. The van der Waals surface area contributed by atoms with Crippen LogP contribution in [0.15, 0.2) is 42.6 Å². The summed E-state index contributed by atoms with van der Waals surface area (Å²) < 4.78 is 1.62. The van der Waals surface area contributed by atoms with Crippen LogP contribution in [-0.2, 0) is 4.79 Å². The van der Waals surface area contributed by atoms with Crippen LogP contribution in [-0.4, -0.2) is 44.3 Å². The fourth-order valence-electron chi connectivity index (χ4n) is 2.93. The predicted octanol–water partition coefficient (Wildman–Crippen LogP) is 2.20. The van der Waals surface area contributed by atoms with E-state index in [2.05, 4.69) is 5.10 Å². The number of hydrogen-bond donors (Lipinski definition) is 1. The molecular weight excluding hydrogens is 294 g/mol. The fourth-order valence-corrected chi connectivity index (χ4v) is 2.93. The highest BCUT2D eigenvalue weighted by molar-refractivity contribution is 5.95. The number of carboxylic acid groups (broad SMARTS) is 1. The first-order valence-corrected chi connectivity index (χ1v) is 7.71. The van der Waals surface area contributed by atoms with Crippen molar-refractivity contribution in [2.24, 2.45) is 5.92 Å². The van der Waals surface area contributed by atoms with E-state index in [1.807, 2.05) is 37.3 Å². The van der Waals surface area contributed by atoms with Crippen molar-refractivity contribution in [2.45, 2.75) is 25.8 Å². The van der Waals surface area contributed by atoms with Crippen LogP contribution in [0.1, 0.15) is 30.3 Å². The molecule has 0 saturated carbocycles. The monoisotopic (exact) mass is 313 g/mol. The van der Waals surface area contributed by atoms with Crippen molar-refractivity contribution in [3.63, 3.8) is 0 Å². The summed E-state index contributed by atoms with van der Waals surface area (Å²) >= 11 is 0. The zero-order valence-corrected chi connectivity index (χ0v) is 12.9. The van der Waals surface area contributed by atoms with Gasteiger partial charge in [-0.2, -0.15) is 5.10 Å². The number of nitrogens with zero attached hydrogens (tertiary/aromatic N) is 3. The second-order valence-electron chi connectivity index (χ2n) is 5.96. The molecule has 1 aliphatic heterocycles. The van der Waals surface area contributed by atoms with Crippen LogP contribution in [0.3, 0.4) is 0 Å². The Hall–Kier alpha value is -2.63. The number of likely N-dealkylation sites (tertiary alicyclic amines) is 1. The number of aromatic nitrogens is 2. The number of carbonyl (C=O) groups is 2. The SMILES string of the molecule is CC1CCN(C(=O)c2ccn(-c3ccccc3)n2)C(C(=O)O)C1. The van der Waals surface area contributed by atoms with Gasteiger partial charge in [0.2, 0.25) is 0 Å².